The first-order valence-electron chi connectivity index (χ1n) is 5.50. The molecule has 0 atom stereocenters. The predicted molar refractivity (Wildman–Crippen MR) is 68.0 cm³/mol. The van der Waals surface area contributed by atoms with Crippen LogP contribution in [0.2, 0.25) is 0 Å². The van der Waals surface area contributed by atoms with Crippen molar-refractivity contribution in [2.75, 3.05) is 25.1 Å². The molecule has 0 spiro atoms. The number of hydrogen-bond acceptors (Lipinski definition) is 3. The lowest BCUT2D eigenvalue weighted by Gasteiger charge is -2.07. The van der Waals surface area contributed by atoms with E-state index < -0.39 is 6.09 Å². The van der Waals surface area contributed by atoms with Crippen molar-refractivity contribution >= 4 is 17.9 Å². The minimum absolute atomic E-state index is 0.254. The number of benzene rings is 1. The van der Waals surface area contributed by atoms with Gasteiger partial charge in [-0.2, -0.15) is 0 Å². The molecule has 0 aromatic heterocycles. The Balaban J connectivity index is 2.32. The highest BCUT2D eigenvalue weighted by atomic mass is 16.6. The molecule has 0 radical (unpaired) electrons. The fourth-order valence-electron chi connectivity index (χ4n) is 1.19. The second kappa shape index (κ2) is 7.46. The Morgan fingerprint density at radius 2 is 2.06 bits per heavy atom. The Bertz CT molecular complexity index is 359. The van der Waals surface area contributed by atoms with Crippen molar-refractivity contribution in [3.05, 3.63) is 36.4 Å². The summed E-state index contributed by atoms with van der Waals surface area (Å²) in [6, 6.07) is 7.31. The Morgan fingerprint density at radius 1 is 1.35 bits per heavy atom. The number of ether oxygens (including phenoxy) is 2. The van der Waals surface area contributed by atoms with Crippen LogP contribution >= 0.6 is 0 Å². The Morgan fingerprint density at radius 3 is 2.65 bits per heavy atom. The minimum Gasteiger partial charge on any atom is -0.447 e. The van der Waals surface area contributed by atoms with Crippen molar-refractivity contribution in [1.82, 2.24) is 0 Å². The summed E-state index contributed by atoms with van der Waals surface area (Å²) in [5.74, 6) is 0. The maximum Gasteiger partial charge on any atom is 0.411 e. The van der Waals surface area contributed by atoms with Crippen molar-refractivity contribution in [2.24, 2.45) is 0 Å². The second-order valence-corrected chi connectivity index (χ2v) is 3.28. The predicted octanol–water partition coefficient (Wildman–Crippen LogP) is 2.91. The number of nitrogens with one attached hydrogen (secondary N) is 1. The van der Waals surface area contributed by atoms with Crippen molar-refractivity contribution in [3.63, 3.8) is 0 Å². The van der Waals surface area contributed by atoms with E-state index in [0.29, 0.717) is 18.9 Å². The third-order valence-electron chi connectivity index (χ3n) is 2.06. The number of amides is 1. The lowest BCUT2D eigenvalue weighted by atomic mass is 10.2. The van der Waals surface area contributed by atoms with Gasteiger partial charge in [0.1, 0.15) is 6.61 Å². The number of rotatable bonds is 6. The van der Waals surface area contributed by atoms with Gasteiger partial charge in [-0.05, 0) is 24.6 Å². The van der Waals surface area contributed by atoms with Gasteiger partial charge in [0.05, 0.1) is 6.61 Å². The molecule has 1 N–H and O–H groups in total. The summed E-state index contributed by atoms with van der Waals surface area (Å²) in [4.78, 5) is 11.3. The van der Waals surface area contributed by atoms with Crippen LogP contribution in [0, 0.1) is 0 Å². The summed E-state index contributed by atoms with van der Waals surface area (Å²) in [7, 11) is 0. The molecule has 0 saturated carbocycles. The summed E-state index contributed by atoms with van der Waals surface area (Å²) in [5, 5.41) is 2.62. The minimum atomic E-state index is -0.476. The average Bonchev–Trinajstić information content (AvgIpc) is 2.36. The maximum absolute atomic E-state index is 11.3. The third kappa shape index (κ3) is 5.17. The van der Waals surface area contributed by atoms with E-state index in [1.54, 1.807) is 18.2 Å². The molecule has 0 aliphatic heterocycles. The van der Waals surface area contributed by atoms with Gasteiger partial charge in [0.25, 0.3) is 0 Å². The maximum atomic E-state index is 11.3. The molecule has 0 bridgehead atoms. The van der Waals surface area contributed by atoms with E-state index in [1.807, 2.05) is 19.1 Å². The Hall–Kier alpha value is -1.81. The van der Waals surface area contributed by atoms with E-state index in [-0.39, 0.29) is 6.61 Å². The van der Waals surface area contributed by atoms with Crippen LogP contribution < -0.4 is 5.32 Å². The summed E-state index contributed by atoms with van der Waals surface area (Å²) in [5.41, 5.74) is 1.69. The lowest BCUT2D eigenvalue weighted by molar-refractivity contribution is 0.0850. The first-order valence-corrected chi connectivity index (χ1v) is 5.50. The molecule has 0 aliphatic rings. The van der Waals surface area contributed by atoms with Crippen LogP contribution in [-0.2, 0) is 9.47 Å². The molecule has 4 heteroatoms. The Kier molecular flexibility index (Phi) is 5.82. The molecule has 1 aromatic carbocycles. The average molecular weight is 235 g/mol. The zero-order valence-electron chi connectivity index (χ0n) is 9.94. The molecule has 1 amide bonds. The van der Waals surface area contributed by atoms with E-state index in [4.69, 9.17) is 9.47 Å². The van der Waals surface area contributed by atoms with Crippen LogP contribution in [0.25, 0.3) is 6.08 Å². The van der Waals surface area contributed by atoms with Crippen LogP contribution in [0.1, 0.15) is 12.5 Å². The molecule has 1 aromatic rings. The monoisotopic (exact) mass is 235 g/mol. The van der Waals surface area contributed by atoms with Crippen molar-refractivity contribution in [3.8, 4) is 0 Å². The second-order valence-electron chi connectivity index (χ2n) is 3.28. The molecule has 1 rings (SSSR count). The third-order valence-corrected chi connectivity index (χ3v) is 2.06. The number of hydrogen-bond donors (Lipinski definition) is 1. The smallest absolute Gasteiger partial charge is 0.411 e. The van der Waals surface area contributed by atoms with Crippen LogP contribution in [0.15, 0.2) is 30.8 Å². The largest absolute Gasteiger partial charge is 0.447 e. The summed E-state index contributed by atoms with van der Waals surface area (Å²) >= 11 is 0. The summed E-state index contributed by atoms with van der Waals surface area (Å²) in [6.45, 7) is 6.83. The van der Waals surface area contributed by atoms with Crippen LogP contribution in [0.4, 0.5) is 10.5 Å². The van der Waals surface area contributed by atoms with Gasteiger partial charge in [-0.25, -0.2) is 4.79 Å². The van der Waals surface area contributed by atoms with Crippen LogP contribution in [-0.4, -0.2) is 25.9 Å². The molecule has 0 heterocycles. The van der Waals surface area contributed by atoms with Crippen LogP contribution in [0.3, 0.4) is 0 Å². The highest BCUT2D eigenvalue weighted by Crippen LogP contribution is 2.10. The molecule has 4 nitrogen and oxygen atoms in total. The van der Waals surface area contributed by atoms with Crippen molar-refractivity contribution in [2.45, 2.75) is 6.92 Å². The molecular weight excluding hydrogens is 218 g/mol. The van der Waals surface area contributed by atoms with Gasteiger partial charge < -0.3 is 9.47 Å². The van der Waals surface area contributed by atoms with Gasteiger partial charge in [-0.15, -0.1) is 0 Å². The zero-order valence-corrected chi connectivity index (χ0v) is 9.94. The molecule has 0 unspecified atom stereocenters. The molecule has 0 saturated heterocycles. The quantitative estimate of drug-likeness (QED) is 0.771. The van der Waals surface area contributed by atoms with Gasteiger partial charge in [0.2, 0.25) is 0 Å². The van der Waals surface area contributed by atoms with E-state index in [0.717, 1.165) is 5.56 Å². The van der Waals surface area contributed by atoms with E-state index >= 15 is 0 Å². The SMILES string of the molecule is C=Cc1ccc(NC(=O)OCCOCC)cc1. The molecular formula is C13H17NO3. The molecule has 0 aliphatic carbocycles. The number of carbonyl (C=O) groups is 1. The molecule has 17 heavy (non-hydrogen) atoms. The first-order chi connectivity index (χ1) is 8.26. The van der Waals surface area contributed by atoms with Gasteiger partial charge in [-0.3, -0.25) is 5.32 Å². The van der Waals surface area contributed by atoms with Gasteiger partial charge in [0.15, 0.2) is 0 Å². The van der Waals surface area contributed by atoms with Gasteiger partial charge in [0, 0.05) is 12.3 Å². The topological polar surface area (TPSA) is 47.6 Å². The fraction of sp³-hybridized carbons (Fsp3) is 0.308. The highest BCUT2D eigenvalue weighted by molar-refractivity contribution is 5.84. The van der Waals surface area contributed by atoms with Crippen molar-refractivity contribution < 1.29 is 14.3 Å². The summed E-state index contributed by atoms with van der Waals surface area (Å²) < 4.78 is 9.96. The normalized spacial score (nSPS) is 9.71. The van der Waals surface area contributed by atoms with E-state index in [1.165, 1.54) is 0 Å². The zero-order chi connectivity index (χ0) is 12.5. The first kappa shape index (κ1) is 13.3. The van der Waals surface area contributed by atoms with Crippen LogP contribution in [0.5, 0.6) is 0 Å². The fourth-order valence-corrected chi connectivity index (χ4v) is 1.19. The standard InChI is InChI=1S/C13H17NO3/c1-3-11-5-7-12(8-6-11)14-13(15)17-10-9-16-4-2/h3,5-8H,1,4,9-10H2,2H3,(H,14,15). The summed E-state index contributed by atoms with van der Waals surface area (Å²) in [6.07, 6.45) is 1.26. The molecule has 92 valence electrons. The van der Waals surface area contributed by atoms with E-state index in [2.05, 4.69) is 11.9 Å². The number of anilines is 1. The highest BCUT2D eigenvalue weighted by Gasteiger charge is 2.02. The molecule has 0 fully saturated rings. The van der Waals surface area contributed by atoms with Crippen molar-refractivity contribution in [1.29, 1.82) is 0 Å². The van der Waals surface area contributed by atoms with Gasteiger partial charge in [-0.1, -0.05) is 24.8 Å². The van der Waals surface area contributed by atoms with Gasteiger partial charge >= 0.3 is 6.09 Å². The lowest BCUT2D eigenvalue weighted by Crippen LogP contribution is -2.16. The number of carbonyl (C=O) groups excluding carboxylic acids is 1. The van der Waals surface area contributed by atoms with E-state index in [9.17, 15) is 4.79 Å². The Labute approximate surface area is 101 Å².